The zero-order valence-electron chi connectivity index (χ0n) is 11.7. The molecule has 4 nitrogen and oxygen atoms in total. The van der Waals surface area contributed by atoms with Crippen LogP contribution in [0.15, 0.2) is 22.7 Å². The van der Waals surface area contributed by atoms with Crippen LogP contribution in [0.4, 0.5) is 5.69 Å². The summed E-state index contributed by atoms with van der Waals surface area (Å²) in [7, 11) is 0. The summed E-state index contributed by atoms with van der Waals surface area (Å²) in [6.45, 7) is 7.68. The molecule has 0 aliphatic carbocycles. The lowest BCUT2D eigenvalue weighted by Crippen LogP contribution is -2.09. The number of hydrogen-bond acceptors (Lipinski definition) is 3. The van der Waals surface area contributed by atoms with E-state index in [-0.39, 0.29) is 5.91 Å². The van der Waals surface area contributed by atoms with E-state index in [0.29, 0.717) is 6.42 Å². The first-order valence-electron chi connectivity index (χ1n) is 6.36. The predicted octanol–water partition coefficient (Wildman–Crippen LogP) is 3.62. The Kier molecular flexibility index (Phi) is 3.69. The zero-order valence-corrected chi connectivity index (χ0v) is 11.7. The topological polar surface area (TPSA) is 55.1 Å². The number of anilines is 1. The molecule has 0 radical (unpaired) electrons. The minimum atomic E-state index is 0.0180. The van der Waals surface area contributed by atoms with Crippen molar-refractivity contribution in [3.05, 3.63) is 35.2 Å². The Labute approximate surface area is 112 Å². The van der Waals surface area contributed by atoms with Crippen LogP contribution in [0.3, 0.4) is 0 Å². The molecule has 4 heteroatoms. The Balaban J connectivity index is 2.37. The van der Waals surface area contributed by atoms with Gasteiger partial charge in [-0.1, -0.05) is 18.1 Å². The summed E-state index contributed by atoms with van der Waals surface area (Å²) in [6.07, 6.45) is 0.477. The molecule has 1 heterocycles. The largest absolute Gasteiger partial charge is 0.361 e. The molecule has 0 fully saturated rings. The maximum Gasteiger partial charge on any atom is 0.224 e. The predicted molar refractivity (Wildman–Crippen MR) is 75.1 cm³/mol. The Morgan fingerprint density at radius 2 is 2.05 bits per heavy atom. The number of hydrogen-bond donors (Lipinski definition) is 1. The molecule has 0 saturated heterocycles. The fourth-order valence-electron chi connectivity index (χ4n) is 2.14. The molecule has 0 aliphatic rings. The third kappa shape index (κ3) is 2.67. The Morgan fingerprint density at radius 1 is 1.32 bits per heavy atom. The van der Waals surface area contributed by atoms with E-state index in [0.717, 1.165) is 33.8 Å². The van der Waals surface area contributed by atoms with Crippen LogP contribution in [0.5, 0.6) is 0 Å². The minimum Gasteiger partial charge on any atom is -0.361 e. The van der Waals surface area contributed by atoms with Crippen molar-refractivity contribution >= 4 is 11.6 Å². The van der Waals surface area contributed by atoms with Crippen molar-refractivity contribution < 1.29 is 9.32 Å². The van der Waals surface area contributed by atoms with Gasteiger partial charge in [0.25, 0.3) is 0 Å². The first-order valence-corrected chi connectivity index (χ1v) is 6.36. The standard InChI is InChI=1S/C15H18N2O2/c1-5-14(18)16-12-6-7-13(9(2)8-12)15-10(3)17-19-11(15)4/h6-8H,5H2,1-4H3,(H,16,18). The molecule has 1 N–H and O–H groups in total. The van der Waals surface area contributed by atoms with Gasteiger partial charge in [-0.2, -0.15) is 0 Å². The minimum absolute atomic E-state index is 0.0180. The summed E-state index contributed by atoms with van der Waals surface area (Å²) in [5.41, 5.74) is 4.91. The van der Waals surface area contributed by atoms with Crippen LogP contribution >= 0.6 is 0 Å². The average Bonchev–Trinajstić information content (AvgIpc) is 2.70. The smallest absolute Gasteiger partial charge is 0.224 e. The maximum atomic E-state index is 11.4. The maximum absolute atomic E-state index is 11.4. The Morgan fingerprint density at radius 3 is 2.58 bits per heavy atom. The van der Waals surface area contributed by atoms with Crippen LogP contribution in [0.2, 0.25) is 0 Å². The van der Waals surface area contributed by atoms with E-state index in [9.17, 15) is 4.79 Å². The molecule has 0 bridgehead atoms. The fraction of sp³-hybridized carbons (Fsp3) is 0.333. The van der Waals surface area contributed by atoms with Gasteiger partial charge in [-0.15, -0.1) is 0 Å². The Bertz CT molecular complexity index is 595. The van der Waals surface area contributed by atoms with E-state index >= 15 is 0 Å². The van der Waals surface area contributed by atoms with Gasteiger partial charge in [0, 0.05) is 17.7 Å². The number of carbonyl (C=O) groups excluding carboxylic acids is 1. The van der Waals surface area contributed by atoms with Gasteiger partial charge in [0.2, 0.25) is 5.91 Å². The van der Waals surface area contributed by atoms with Gasteiger partial charge in [-0.05, 0) is 44.0 Å². The van der Waals surface area contributed by atoms with E-state index < -0.39 is 0 Å². The van der Waals surface area contributed by atoms with Gasteiger partial charge < -0.3 is 9.84 Å². The monoisotopic (exact) mass is 258 g/mol. The highest BCUT2D eigenvalue weighted by Gasteiger charge is 2.13. The second kappa shape index (κ2) is 5.26. The second-order valence-electron chi connectivity index (χ2n) is 4.63. The van der Waals surface area contributed by atoms with Gasteiger partial charge >= 0.3 is 0 Å². The van der Waals surface area contributed by atoms with Crippen LogP contribution in [-0.4, -0.2) is 11.1 Å². The molecular formula is C15H18N2O2. The van der Waals surface area contributed by atoms with Crippen molar-refractivity contribution in [3.8, 4) is 11.1 Å². The molecule has 1 aromatic heterocycles. The highest BCUT2D eigenvalue weighted by atomic mass is 16.5. The van der Waals surface area contributed by atoms with Crippen molar-refractivity contribution in [1.82, 2.24) is 5.16 Å². The number of aromatic nitrogens is 1. The van der Waals surface area contributed by atoms with Gasteiger partial charge in [0.05, 0.1) is 5.69 Å². The van der Waals surface area contributed by atoms with Crippen LogP contribution in [0.1, 0.15) is 30.4 Å². The number of aryl methyl sites for hydroxylation is 3. The Hall–Kier alpha value is -2.10. The summed E-state index contributed by atoms with van der Waals surface area (Å²) in [6, 6.07) is 5.86. The first kappa shape index (κ1) is 13.3. The number of benzene rings is 1. The van der Waals surface area contributed by atoms with E-state index in [4.69, 9.17) is 4.52 Å². The lowest BCUT2D eigenvalue weighted by atomic mass is 9.99. The molecule has 0 atom stereocenters. The third-order valence-electron chi connectivity index (χ3n) is 3.13. The number of carbonyl (C=O) groups is 1. The van der Waals surface area contributed by atoms with Crippen LogP contribution < -0.4 is 5.32 Å². The number of amides is 1. The molecule has 1 aromatic carbocycles. The molecule has 100 valence electrons. The quantitative estimate of drug-likeness (QED) is 0.914. The van der Waals surface area contributed by atoms with Gasteiger partial charge in [0.1, 0.15) is 5.76 Å². The van der Waals surface area contributed by atoms with Crippen molar-refractivity contribution in [2.45, 2.75) is 34.1 Å². The first-order chi connectivity index (χ1) is 9.02. The van der Waals surface area contributed by atoms with E-state index in [1.54, 1.807) is 0 Å². The zero-order chi connectivity index (χ0) is 14.0. The molecule has 1 amide bonds. The normalized spacial score (nSPS) is 10.5. The average molecular weight is 258 g/mol. The summed E-state index contributed by atoms with van der Waals surface area (Å²) < 4.78 is 5.20. The van der Waals surface area contributed by atoms with Crippen molar-refractivity contribution in [2.24, 2.45) is 0 Å². The molecule has 0 aliphatic heterocycles. The van der Waals surface area contributed by atoms with Gasteiger partial charge in [-0.25, -0.2) is 0 Å². The lowest BCUT2D eigenvalue weighted by Gasteiger charge is -2.09. The molecule has 2 aromatic rings. The summed E-state index contributed by atoms with van der Waals surface area (Å²) >= 11 is 0. The van der Waals surface area contributed by atoms with Gasteiger partial charge in [-0.3, -0.25) is 4.79 Å². The summed E-state index contributed by atoms with van der Waals surface area (Å²) in [5, 5.41) is 6.83. The van der Waals surface area contributed by atoms with Crippen molar-refractivity contribution in [1.29, 1.82) is 0 Å². The molecule has 0 spiro atoms. The number of nitrogens with one attached hydrogen (secondary N) is 1. The molecule has 0 unspecified atom stereocenters. The summed E-state index contributed by atoms with van der Waals surface area (Å²) in [4.78, 5) is 11.4. The van der Waals surface area contributed by atoms with Crippen LogP contribution in [0, 0.1) is 20.8 Å². The molecule has 19 heavy (non-hydrogen) atoms. The third-order valence-corrected chi connectivity index (χ3v) is 3.13. The number of nitrogens with zero attached hydrogens (tertiary/aromatic N) is 1. The number of rotatable bonds is 3. The van der Waals surface area contributed by atoms with E-state index in [2.05, 4.69) is 10.5 Å². The lowest BCUT2D eigenvalue weighted by molar-refractivity contribution is -0.115. The fourth-order valence-corrected chi connectivity index (χ4v) is 2.14. The molecule has 2 rings (SSSR count). The van der Waals surface area contributed by atoms with E-state index in [1.807, 2.05) is 45.9 Å². The van der Waals surface area contributed by atoms with Gasteiger partial charge in [0.15, 0.2) is 0 Å². The molecular weight excluding hydrogens is 240 g/mol. The highest BCUT2D eigenvalue weighted by molar-refractivity contribution is 5.91. The van der Waals surface area contributed by atoms with Crippen molar-refractivity contribution in [2.75, 3.05) is 5.32 Å². The molecule has 0 saturated carbocycles. The van der Waals surface area contributed by atoms with Crippen LogP contribution in [-0.2, 0) is 4.79 Å². The van der Waals surface area contributed by atoms with Crippen LogP contribution in [0.25, 0.3) is 11.1 Å². The van der Waals surface area contributed by atoms with E-state index in [1.165, 1.54) is 0 Å². The van der Waals surface area contributed by atoms with Crippen molar-refractivity contribution in [3.63, 3.8) is 0 Å². The SMILES string of the molecule is CCC(=O)Nc1ccc(-c2c(C)noc2C)c(C)c1. The summed E-state index contributed by atoms with van der Waals surface area (Å²) in [5.74, 6) is 0.829. The highest BCUT2D eigenvalue weighted by Crippen LogP contribution is 2.31. The second-order valence-corrected chi connectivity index (χ2v) is 4.63.